The summed E-state index contributed by atoms with van der Waals surface area (Å²) in [7, 11) is 0. The van der Waals surface area contributed by atoms with Crippen LogP contribution >= 0.6 is 0 Å². The normalized spacial score (nSPS) is 17.9. The van der Waals surface area contributed by atoms with Gasteiger partial charge in [-0.15, -0.1) is 0 Å². The van der Waals surface area contributed by atoms with Crippen LogP contribution in [0.25, 0.3) is 0 Å². The highest BCUT2D eigenvalue weighted by molar-refractivity contribution is 5.78. The Hall–Kier alpha value is -1.55. The molecule has 3 rings (SSSR count). The van der Waals surface area contributed by atoms with Crippen molar-refractivity contribution in [3.8, 4) is 5.75 Å². The average molecular weight is 274 g/mol. The first kappa shape index (κ1) is 13.4. The van der Waals surface area contributed by atoms with Crippen molar-refractivity contribution >= 4 is 5.91 Å². The van der Waals surface area contributed by atoms with Crippen LogP contribution in [0.1, 0.15) is 31.2 Å². The molecule has 2 fully saturated rings. The lowest BCUT2D eigenvalue weighted by Crippen LogP contribution is -2.38. The van der Waals surface area contributed by atoms with Crippen LogP contribution in [0.5, 0.6) is 5.75 Å². The molecule has 0 unspecified atom stereocenters. The lowest BCUT2D eigenvalue weighted by molar-refractivity contribution is -0.134. The Labute approximate surface area is 119 Å². The number of benzene rings is 1. The number of hydrogen-bond donors (Lipinski definition) is 1. The van der Waals surface area contributed by atoms with E-state index in [2.05, 4.69) is 0 Å². The second-order valence-electron chi connectivity index (χ2n) is 5.82. The molecule has 0 saturated heterocycles. The molecule has 0 spiro atoms. The molecule has 108 valence electrons. The van der Waals surface area contributed by atoms with Gasteiger partial charge in [0, 0.05) is 24.7 Å². The number of nitrogens with zero attached hydrogens (tertiary/aromatic N) is 1. The Morgan fingerprint density at radius 1 is 1.25 bits per heavy atom. The Balaban J connectivity index is 1.57. The second kappa shape index (κ2) is 5.83. The number of rotatable bonds is 7. The van der Waals surface area contributed by atoms with Gasteiger partial charge >= 0.3 is 0 Å². The zero-order valence-corrected chi connectivity index (χ0v) is 11.8. The number of carbonyl (C=O) groups is 1. The SMILES string of the molecule is NCc1ccccc1OCC(=O)N(CC1CC1)C1CC1. The highest BCUT2D eigenvalue weighted by Gasteiger charge is 2.36. The van der Waals surface area contributed by atoms with Gasteiger partial charge in [0.1, 0.15) is 5.75 Å². The molecule has 1 aromatic rings. The van der Waals surface area contributed by atoms with Crippen LogP contribution < -0.4 is 10.5 Å². The first-order valence-corrected chi connectivity index (χ1v) is 7.48. The molecule has 2 N–H and O–H groups in total. The van der Waals surface area contributed by atoms with Gasteiger partial charge in [-0.05, 0) is 37.7 Å². The zero-order valence-electron chi connectivity index (χ0n) is 11.8. The van der Waals surface area contributed by atoms with Gasteiger partial charge in [0.05, 0.1) is 0 Å². The molecular formula is C16H22N2O2. The van der Waals surface area contributed by atoms with E-state index in [0.717, 1.165) is 36.6 Å². The maximum atomic E-state index is 12.3. The number of amides is 1. The first-order chi connectivity index (χ1) is 9.78. The van der Waals surface area contributed by atoms with E-state index in [1.807, 2.05) is 29.2 Å². The Bertz CT molecular complexity index is 481. The van der Waals surface area contributed by atoms with Crippen molar-refractivity contribution in [3.05, 3.63) is 29.8 Å². The molecule has 20 heavy (non-hydrogen) atoms. The summed E-state index contributed by atoms with van der Waals surface area (Å²) >= 11 is 0. The van der Waals surface area contributed by atoms with Crippen molar-refractivity contribution in [3.63, 3.8) is 0 Å². The highest BCUT2D eigenvalue weighted by Crippen LogP contribution is 2.34. The number of hydrogen-bond acceptors (Lipinski definition) is 3. The van der Waals surface area contributed by atoms with Crippen LogP contribution in [0.2, 0.25) is 0 Å². The van der Waals surface area contributed by atoms with E-state index in [-0.39, 0.29) is 12.5 Å². The van der Waals surface area contributed by atoms with E-state index >= 15 is 0 Å². The predicted molar refractivity (Wildman–Crippen MR) is 77.3 cm³/mol. The highest BCUT2D eigenvalue weighted by atomic mass is 16.5. The van der Waals surface area contributed by atoms with Crippen molar-refractivity contribution in [2.45, 2.75) is 38.3 Å². The van der Waals surface area contributed by atoms with Crippen molar-refractivity contribution < 1.29 is 9.53 Å². The Morgan fingerprint density at radius 2 is 2.00 bits per heavy atom. The third-order valence-corrected chi connectivity index (χ3v) is 4.00. The molecule has 0 heterocycles. The summed E-state index contributed by atoms with van der Waals surface area (Å²) in [6.45, 7) is 1.48. The van der Waals surface area contributed by atoms with Crippen molar-refractivity contribution in [2.75, 3.05) is 13.2 Å². The average Bonchev–Trinajstić information content (AvgIpc) is 3.35. The monoisotopic (exact) mass is 274 g/mol. The smallest absolute Gasteiger partial charge is 0.260 e. The minimum Gasteiger partial charge on any atom is -0.483 e. The molecule has 1 amide bonds. The Morgan fingerprint density at radius 3 is 2.65 bits per heavy atom. The van der Waals surface area contributed by atoms with E-state index in [9.17, 15) is 4.79 Å². The molecule has 0 aliphatic heterocycles. The van der Waals surface area contributed by atoms with Gasteiger partial charge in [-0.2, -0.15) is 0 Å². The molecule has 2 saturated carbocycles. The van der Waals surface area contributed by atoms with E-state index in [0.29, 0.717) is 12.6 Å². The van der Waals surface area contributed by atoms with Gasteiger partial charge in [-0.3, -0.25) is 4.79 Å². The topological polar surface area (TPSA) is 55.6 Å². The van der Waals surface area contributed by atoms with Crippen LogP contribution in [0.15, 0.2) is 24.3 Å². The molecule has 0 aromatic heterocycles. The quantitative estimate of drug-likeness (QED) is 0.826. The van der Waals surface area contributed by atoms with Crippen LogP contribution in [0.3, 0.4) is 0 Å². The first-order valence-electron chi connectivity index (χ1n) is 7.48. The summed E-state index contributed by atoms with van der Waals surface area (Å²) in [6.07, 6.45) is 4.84. The van der Waals surface area contributed by atoms with Crippen molar-refractivity contribution in [1.29, 1.82) is 0 Å². The fourth-order valence-corrected chi connectivity index (χ4v) is 2.46. The number of nitrogens with two attached hydrogens (primary N) is 1. The van der Waals surface area contributed by atoms with Gasteiger partial charge < -0.3 is 15.4 Å². The zero-order chi connectivity index (χ0) is 13.9. The van der Waals surface area contributed by atoms with Gasteiger partial charge in [-0.1, -0.05) is 18.2 Å². The van der Waals surface area contributed by atoms with Crippen LogP contribution in [-0.2, 0) is 11.3 Å². The molecule has 4 heteroatoms. The summed E-state index contributed by atoms with van der Waals surface area (Å²) in [4.78, 5) is 14.4. The maximum Gasteiger partial charge on any atom is 0.260 e. The summed E-state index contributed by atoms with van der Waals surface area (Å²) in [5.74, 6) is 1.58. The Kier molecular flexibility index (Phi) is 3.92. The standard InChI is InChI=1S/C16H22N2O2/c17-9-13-3-1-2-4-15(13)20-11-16(19)18(14-7-8-14)10-12-5-6-12/h1-4,12,14H,5-11,17H2. The van der Waals surface area contributed by atoms with Gasteiger partial charge in [-0.25, -0.2) is 0 Å². The van der Waals surface area contributed by atoms with Crippen LogP contribution in [0, 0.1) is 5.92 Å². The summed E-state index contributed by atoms with van der Waals surface area (Å²) in [6, 6.07) is 8.11. The second-order valence-corrected chi connectivity index (χ2v) is 5.82. The summed E-state index contributed by atoms with van der Waals surface area (Å²) < 4.78 is 5.68. The fourth-order valence-electron chi connectivity index (χ4n) is 2.46. The number of para-hydroxylation sites is 1. The number of carbonyl (C=O) groups excluding carboxylic acids is 1. The molecule has 0 radical (unpaired) electrons. The third-order valence-electron chi connectivity index (χ3n) is 4.00. The summed E-state index contributed by atoms with van der Waals surface area (Å²) in [5, 5.41) is 0. The van der Waals surface area contributed by atoms with E-state index in [1.54, 1.807) is 0 Å². The van der Waals surface area contributed by atoms with E-state index in [1.165, 1.54) is 12.8 Å². The van der Waals surface area contributed by atoms with Gasteiger partial charge in [0.2, 0.25) is 0 Å². The van der Waals surface area contributed by atoms with Crippen LogP contribution in [0.4, 0.5) is 0 Å². The lowest BCUT2D eigenvalue weighted by atomic mass is 10.2. The maximum absolute atomic E-state index is 12.3. The predicted octanol–water partition coefficient (Wildman–Crippen LogP) is 1.93. The minimum atomic E-state index is 0.117. The fraction of sp³-hybridized carbons (Fsp3) is 0.562. The van der Waals surface area contributed by atoms with Gasteiger partial charge in [0.25, 0.3) is 5.91 Å². The molecular weight excluding hydrogens is 252 g/mol. The van der Waals surface area contributed by atoms with Gasteiger partial charge in [0.15, 0.2) is 6.61 Å². The van der Waals surface area contributed by atoms with Crippen LogP contribution in [-0.4, -0.2) is 30.0 Å². The van der Waals surface area contributed by atoms with E-state index in [4.69, 9.17) is 10.5 Å². The number of ether oxygens (including phenoxy) is 1. The summed E-state index contributed by atoms with van der Waals surface area (Å²) in [5.41, 5.74) is 6.62. The third kappa shape index (κ3) is 3.31. The van der Waals surface area contributed by atoms with E-state index < -0.39 is 0 Å². The lowest BCUT2D eigenvalue weighted by Gasteiger charge is -2.22. The molecule has 2 aliphatic carbocycles. The molecule has 1 aromatic carbocycles. The minimum absolute atomic E-state index is 0.117. The van der Waals surface area contributed by atoms with Crippen molar-refractivity contribution in [2.24, 2.45) is 11.7 Å². The molecule has 4 nitrogen and oxygen atoms in total. The molecule has 2 aliphatic rings. The van der Waals surface area contributed by atoms with Crippen molar-refractivity contribution in [1.82, 2.24) is 4.90 Å². The molecule has 0 atom stereocenters. The largest absolute Gasteiger partial charge is 0.483 e. The molecule has 0 bridgehead atoms.